The third-order valence-corrected chi connectivity index (χ3v) is 3.21. The second-order valence-electron chi connectivity index (χ2n) is 4.90. The van der Waals surface area contributed by atoms with Crippen LogP contribution in [0.4, 0.5) is 5.69 Å². The van der Waals surface area contributed by atoms with Crippen molar-refractivity contribution in [2.24, 2.45) is 5.73 Å². The molecule has 0 bridgehead atoms. The second-order valence-corrected chi connectivity index (χ2v) is 4.90. The maximum absolute atomic E-state index is 11.7. The van der Waals surface area contributed by atoms with Crippen LogP contribution in [-0.4, -0.2) is 11.9 Å². The minimum Gasteiger partial charge on any atom is -0.328 e. The largest absolute Gasteiger partial charge is 0.328 e. The van der Waals surface area contributed by atoms with Crippen molar-refractivity contribution in [1.82, 2.24) is 0 Å². The van der Waals surface area contributed by atoms with E-state index < -0.39 is 0 Å². The van der Waals surface area contributed by atoms with E-state index in [2.05, 4.69) is 17.4 Å². The van der Waals surface area contributed by atoms with Crippen molar-refractivity contribution in [2.45, 2.75) is 45.1 Å². The van der Waals surface area contributed by atoms with Crippen LogP contribution in [-0.2, 0) is 17.6 Å². The number of nitrogens with one attached hydrogen (secondary N) is 1. The molecule has 0 aromatic heterocycles. The van der Waals surface area contributed by atoms with Gasteiger partial charge in [-0.1, -0.05) is 6.07 Å². The summed E-state index contributed by atoms with van der Waals surface area (Å²) in [5, 5.41) is 2.93. The normalized spacial score (nSPS) is 14.6. The van der Waals surface area contributed by atoms with E-state index >= 15 is 0 Å². The van der Waals surface area contributed by atoms with Gasteiger partial charge in [-0.2, -0.15) is 0 Å². The Hall–Kier alpha value is -1.06. The first kappa shape index (κ1) is 15.0. The zero-order valence-electron chi connectivity index (χ0n) is 10.7. The van der Waals surface area contributed by atoms with Crippen molar-refractivity contribution in [3.8, 4) is 0 Å². The molecule has 18 heavy (non-hydrogen) atoms. The molecule has 1 atom stereocenters. The maximum atomic E-state index is 11.7. The molecule has 1 aromatic carbocycles. The zero-order chi connectivity index (χ0) is 12.3. The maximum Gasteiger partial charge on any atom is 0.224 e. The lowest BCUT2D eigenvalue weighted by atomic mass is 10.1. The first-order valence-electron chi connectivity index (χ1n) is 6.32. The molecule has 3 nitrogen and oxygen atoms in total. The van der Waals surface area contributed by atoms with Crippen molar-refractivity contribution >= 4 is 24.0 Å². The molecule has 1 unspecified atom stereocenters. The van der Waals surface area contributed by atoms with Crippen LogP contribution in [0.5, 0.6) is 0 Å². The number of rotatable bonds is 4. The average molecular weight is 269 g/mol. The quantitative estimate of drug-likeness (QED) is 0.882. The molecular formula is C14H21ClN2O. The zero-order valence-corrected chi connectivity index (χ0v) is 11.6. The number of carbonyl (C=O) groups is 1. The monoisotopic (exact) mass is 268 g/mol. The highest BCUT2D eigenvalue weighted by molar-refractivity contribution is 5.90. The number of carbonyl (C=O) groups excluding carboxylic acids is 1. The minimum absolute atomic E-state index is 0. The number of amides is 1. The Labute approximate surface area is 115 Å². The Bertz CT molecular complexity index is 418. The van der Waals surface area contributed by atoms with E-state index in [0.29, 0.717) is 6.42 Å². The van der Waals surface area contributed by atoms with Crippen LogP contribution in [0.3, 0.4) is 0 Å². The molecule has 3 N–H and O–H groups in total. The summed E-state index contributed by atoms with van der Waals surface area (Å²) >= 11 is 0. The van der Waals surface area contributed by atoms with Gasteiger partial charge in [-0.25, -0.2) is 0 Å². The van der Waals surface area contributed by atoms with E-state index in [9.17, 15) is 4.79 Å². The molecular weight excluding hydrogens is 248 g/mol. The molecule has 0 heterocycles. The van der Waals surface area contributed by atoms with Gasteiger partial charge in [-0.15, -0.1) is 12.4 Å². The summed E-state index contributed by atoms with van der Waals surface area (Å²) < 4.78 is 0. The number of fused-ring (bicyclic) bond motifs is 1. The van der Waals surface area contributed by atoms with Gasteiger partial charge in [0, 0.05) is 18.2 Å². The Morgan fingerprint density at radius 1 is 1.39 bits per heavy atom. The van der Waals surface area contributed by atoms with Crippen molar-refractivity contribution in [1.29, 1.82) is 0 Å². The molecule has 2 rings (SSSR count). The first-order chi connectivity index (χ1) is 8.15. The lowest BCUT2D eigenvalue weighted by Gasteiger charge is -2.08. The highest BCUT2D eigenvalue weighted by Gasteiger charge is 2.11. The summed E-state index contributed by atoms with van der Waals surface area (Å²) in [6, 6.07) is 6.31. The van der Waals surface area contributed by atoms with Crippen LogP contribution in [0.15, 0.2) is 18.2 Å². The molecule has 0 radical (unpaired) electrons. The van der Waals surface area contributed by atoms with Crippen LogP contribution in [0.25, 0.3) is 0 Å². The average Bonchev–Trinajstić information content (AvgIpc) is 2.73. The molecule has 1 aliphatic carbocycles. The van der Waals surface area contributed by atoms with Gasteiger partial charge in [0.2, 0.25) is 5.91 Å². The van der Waals surface area contributed by atoms with Gasteiger partial charge in [0.25, 0.3) is 0 Å². The summed E-state index contributed by atoms with van der Waals surface area (Å²) in [4.78, 5) is 11.7. The number of hydrogen-bond acceptors (Lipinski definition) is 2. The number of benzene rings is 1. The number of aryl methyl sites for hydroxylation is 2. The van der Waals surface area contributed by atoms with E-state index in [-0.39, 0.29) is 24.4 Å². The fourth-order valence-corrected chi connectivity index (χ4v) is 2.23. The SMILES string of the molecule is CC(N)CCC(=O)Nc1ccc2c(c1)CCC2.Cl. The second kappa shape index (κ2) is 6.76. The summed E-state index contributed by atoms with van der Waals surface area (Å²) in [6.07, 6.45) is 4.77. The van der Waals surface area contributed by atoms with Gasteiger partial charge in [0.15, 0.2) is 0 Å². The predicted octanol–water partition coefficient (Wildman–Crippen LogP) is 2.66. The van der Waals surface area contributed by atoms with Crippen molar-refractivity contribution in [2.75, 3.05) is 5.32 Å². The van der Waals surface area contributed by atoms with Crippen molar-refractivity contribution in [3.05, 3.63) is 29.3 Å². The third-order valence-electron chi connectivity index (χ3n) is 3.21. The summed E-state index contributed by atoms with van der Waals surface area (Å²) in [6.45, 7) is 1.92. The predicted molar refractivity (Wildman–Crippen MR) is 77.2 cm³/mol. The highest BCUT2D eigenvalue weighted by atomic mass is 35.5. The minimum atomic E-state index is 0. The molecule has 1 aliphatic rings. The topological polar surface area (TPSA) is 55.1 Å². The number of anilines is 1. The third kappa shape index (κ3) is 4.00. The summed E-state index contributed by atoms with van der Waals surface area (Å²) in [5.41, 5.74) is 9.36. The molecule has 4 heteroatoms. The number of halogens is 1. The van der Waals surface area contributed by atoms with Crippen molar-refractivity contribution < 1.29 is 4.79 Å². The number of hydrogen-bond donors (Lipinski definition) is 2. The van der Waals surface area contributed by atoms with Gasteiger partial charge in [0.05, 0.1) is 0 Å². The smallest absolute Gasteiger partial charge is 0.224 e. The fourth-order valence-electron chi connectivity index (χ4n) is 2.23. The first-order valence-corrected chi connectivity index (χ1v) is 6.32. The Morgan fingerprint density at radius 2 is 2.11 bits per heavy atom. The van der Waals surface area contributed by atoms with Crippen LogP contribution in [0, 0.1) is 0 Å². The van der Waals surface area contributed by atoms with E-state index in [4.69, 9.17) is 5.73 Å². The van der Waals surface area contributed by atoms with Crippen LogP contribution in [0.2, 0.25) is 0 Å². The standard InChI is InChI=1S/C14H20N2O.ClH/c1-10(15)5-8-14(17)16-13-7-6-11-3-2-4-12(11)9-13;/h6-7,9-10H,2-5,8,15H2,1H3,(H,16,17);1H. The molecule has 0 saturated heterocycles. The lowest BCUT2D eigenvalue weighted by molar-refractivity contribution is -0.116. The van der Waals surface area contributed by atoms with Gasteiger partial charge >= 0.3 is 0 Å². The van der Waals surface area contributed by atoms with E-state index in [1.807, 2.05) is 13.0 Å². The van der Waals surface area contributed by atoms with Gasteiger partial charge in [0.1, 0.15) is 0 Å². The van der Waals surface area contributed by atoms with Crippen LogP contribution >= 0.6 is 12.4 Å². The summed E-state index contributed by atoms with van der Waals surface area (Å²) in [5.74, 6) is 0.0558. The Morgan fingerprint density at radius 3 is 2.83 bits per heavy atom. The van der Waals surface area contributed by atoms with E-state index in [1.54, 1.807) is 0 Å². The lowest BCUT2D eigenvalue weighted by Crippen LogP contribution is -2.19. The fraction of sp³-hybridized carbons (Fsp3) is 0.500. The summed E-state index contributed by atoms with van der Waals surface area (Å²) in [7, 11) is 0. The van der Waals surface area contributed by atoms with Crippen LogP contribution < -0.4 is 11.1 Å². The van der Waals surface area contributed by atoms with Crippen LogP contribution in [0.1, 0.15) is 37.3 Å². The molecule has 0 aliphatic heterocycles. The molecule has 0 spiro atoms. The molecule has 100 valence electrons. The number of nitrogens with two attached hydrogens (primary N) is 1. The van der Waals surface area contributed by atoms with Gasteiger partial charge in [-0.3, -0.25) is 4.79 Å². The Balaban J connectivity index is 0.00000162. The molecule has 0 saturated carbocycles. The molecule has 1 aromatic rings. The van der Waals surface area contributed by atoms with E-state index in [0.717, 1.165) is 18.5 Å². The molecule has 0 fully saturated rings. The van der Waals surface area contributed by atoms with E-state index in [1.165, 1.54) is 24.0 Å². The van der Waals surface area contributed by atoms with Gasteiger partial charge < -0.3 is 11.1 Å². The molecule has 1 amide bonds. The van der Waals surface area contributed by atoms with Gasteiger partial charge in [-0.05, 0) is 55.9 Å². The Kier molecular flexibility index (Phi) is 5.63. The van der Waals surface area contributed by atoms with Crippen molar-refractivity contribution in [3.63, 3.8) is 0 Å². The highest BCUT2D eigenvalue weighted by Crippen LogP contribution is 2.24.